The summed E-state index contributed by atoms with van der Waals surface area (Å²) in [6.45, 7) is 3.60. The van der Waals surface area contributed by atoms with Crippen molar-refractivity contribution in [2.75, 3.05) is 13.1 Å². The second-order valence-electron chi connectivity index (χ2n) is 5.18. The minimum Gasteiger partial charge on any atom is -0.316 e. The van der Waals surface area contributed by atoms with E-state index in [1.54, 1.807) is 10.9 Å². The van der Waals surface area contributed by atoms with Crippen LogP contribution in [0.5, 0.6) is 0 Å². The van der Waals surface area contributed by atoms with Gasteiger partial charge in [-0.05, 0) is 25.1 Å². The van der Waals surface area contributed by atoms with Crippen molar-refractivity contribution in [1.82, 2.24) is 20.3 Å². The summed E-state index contributed by atoms with van der Waals surface area (Å²) in [6.07, 6.45) is 2.41. The lowest BCUT2D eigenvalue weighted by molar-refractivity contribution is 0.0831. The zero-order valence-electron chi connectivity index (χ0n) is 10.8. The van der Waals surface area contributed by atoms with E-state index in [-0.39, 0.29) is 11.2 Å². The first kappa shape index (κ1) is 12.0. The largest absolute Gasteiger partial charge is 0.316 e. The van der Waals surface area contributed by atoms with Gasteiger partial charge in [-0.1, -0.05) is 30.3 Å². The maximum Gasteiger partial charge on any atom is 0.190 e. The van der Waals surface area contributed by atoms with E-state index < -0.39 is 0 Å². The lowest BCUT2D eigenvalue weighted by Gasteiger charge is -2.20. The Kier molecular flexibility index (Phi) is 2.91. The molecule has 0 spiro atoms. The van der Waals surface area contributed by atoms with E-state index in [0.29, 0.717) is 12.2 Å². The first-order chi connectivity index (χ1) is 9.21. The number of benzene rings is 1. The summed E-state index contributed by atoms with van der Waals surface area (Å²) in [7, 11) is 0. The maximum atomic E-state index is 12.7. The van der Waals surface area contributed by atoms with Crippen molar-refractivity contribution in [3.8, 4) is 5.69 Å². The highest BCUT2D eigenvalue weighted by Crippen LogP contribution is 2.29. The van der Waals surface area contributed by atoms with E-state index in [9.17, 15) is 4.79 Å². The third-order valence-corrected chi connectivity index (χ3v) is 3.70. The van der Waals surface area contributed by atoms with Crippen molar-refractivity contribution < 1.29 is 4.79 Å². The molecule has 1 fully saturated rings. The molecule has 1 atom stereocenters. The van der Waals surface area contributed by atoms with Crippen molar-refractivity contribution in [3.05, 3.63) is 42.2 Å². The van der Waals surface area contributed by atoms with Gasteiger partial charge in [0, 0.05) is 12.0 Å². The van der Waals surface area contributed by atoms with Gasteiger partial charge in [-0.2, -0.15) is 0 Å². The van der Waals surface area contributed by atoms with Gasteiger partial charge in [-0.3, -0.25) is 4.79 Å². The van der Waals surface area contributed by atoms with Gasteiger partial charge in [0.2, 0.25) is 0 Å². The molecule has 98 valence electrons. The molecule has 1 aromatic heterocycles. The zero-order chi connectivity index (χ0) is 13.3. The van der Waals surface area contributed by atoms with Gasteiger partial charge in [0.05, 0.1) is 11.9 Å². The fourth-order valence-electron chi connectivity index (χ4n) is 2.47. The Balaban J connectivity index is 1.99. The minimum absolute atomic E-state index is 0.103. The number of nitrogens with one attached hydrogen (secondary N) is 1. The van der Waals surface area contributed by atoms with E-state index in [0.717, 1.165) is 18.7 Å². The number of Topliss-reactive ketones (excluding diaryl/α,β-unsaturated/α-hetero) is 1. The van der Waals surface area contributed by atoms with Crippen LogP contribution in [0.1, 0.15) is 23.8 Å². The Labute approximate surface area is 111 Å². The first-order valence-corrected chi connectivity index (χ1v) is 6.42. The molecular weight excluding hydrogens is 240 g/mol. The van der Waals surface area contributed by atoms with Crippen molar-refractivity contribution in [1.29, 1.82) is 0 Å². The normalized spacial score (nSPS) is 22.6. The number of carbonyl (C=O) groups is 1. The van der Waals surface area contributed by atoms with E-state index >= 15 is 0 Å². The molecule has 1 aromatic carbocycles. The smallest absolute Gasteiger partial charge is 0.190 e. The standard InChI is InChI=1S/C14H16N4O/c1-14(7-8-15-10-14)13(19)12-9-16-17-18(12)11-5-3-2-4-6-11/h2-6,9,15H,7-8,10H2,1H3. The number of ketones is 1. The average molecular weight is 256 g/mol. The number of hydrogen-bond acceptors (Lipinski definition) is 4. The van der Waals surface area contributed by atoms with Crippen LogP contribution >= 0.6 is 0 Å². The number of hydrogen-bond donors (Lipinski definition) is 1. The fourth-order valence-corrected chi connectivity index (χ4v) is 2.47. The zero-order valence-corrected chi connectivity index (χ0v) is 10.8. The monoisotopic (exact) mass is 256 g/mol. The number of rotatable bonds is 3. The van der Waals surface area contributed by atoms with Crippen LogP contribution in [0.3, 0.4) is 0 Å². The Morgan fingerprint density at radius 3 is 2.84 bits per heavy atom. The molecule has 0 amide bonds. The highest BCUT2D eigenvalue weighted by atomic mass is 16.1. The van der Waals surface area contributed by atoms with Crippen LogP contribution in [-0.2, 0) is 0 Å². The fraction of sp³-hybridized carbons (Fsp3) is 0.357. The maximum absolute atomic E-state index is 12.7. The first-order valence-electron chi connectivity index (χ1n) is 6.42. The third-order valence-electron chi connectivity index (χ3n) is 3.70. The van der Waals surface area contributed by atoms with Gasteiger partial charge < -0.3 is 5.32 Å². The molecule has 5 nitrogen and oxygen atoms in total. The van der Waals surface area contributed by atoms with Crippen molar-refractivity contribution in [2.24, 2.45) is 5.41 Å². The van der Waals surface area contributed by atoms with Crippen LogP contribution in [0.4, 0.5) is 0 Å². The Morgan fingerprint density at radius 2 is 2.16 bits per heavy atom. The minimum atomic E-state index is -0.353. The molecule has 1 N–H and O–H groups in total. The summed E-state index contributed by atoms with van der Waals surface area (Å²) >= 11 is 0. The SMILES string of the molecule is CC1(C(=O)c2cnnn2-c2ccccc2)CCNC1. The molecule has 1 aliphatic rings. The molecule has 1 aliphatic heterocycles. The van der Waals surface area contributed by atoms with E-state index in [1.807, 2.05) is 37.3 Å². The summed E-state index contributed by atoms with van der Waals surface area (Å²) in [5, 5.41) is 11.2. The molecule has 0 aliphatic carbocycles. The summed E-state index contributed by atoms with van der Waals surface area (Å²) < 4.78 is 1.62. The number of aromatic nitrogens is 3. The molecule has 0 radical (unpaired) electrons. The molecule has 1 unspecified atom stereocenters. The highest BCUT2D eigenvalue weighted by Gasteiger charge is 2.38. The molecule has 1 saturated heterocycles. The lowest BCUT2D eigenvalue weighted by atomic mass is 9.83. The Morgan fingerprint density at radius 1 is 1.37 bits per heavy atom. The Hall–Kier alpha value is -2.01. The summed E-state index contributed by atoms with van der Waals surface area (Å²) in [5.41, 5.74) is 1.06. The van der Waals surface area contributed by atoms with E-state index in [1.165, 1.54) is 0 Å². The second-order valence-corrected chi connectivity index (χ2v) is 5.18. The molecule has 2 aromatic rings. The average Bonchev–Trinajstić information content (AvgIpc) is 3.08. The molecule has 0 bridgehead atoms. The molecule has 0 saturated carbocycles. The second kappa shape index (κ2) is 4.59. The van der Waals surface area contributed by atoms with Crippen LogP contribution in [-0.4, -0.2) is 33.9 Å². The quantitative estimate of drug-likeness (QED) is 0.844. The Bertz CT molecular complexity index is 585. The van der Waals surface area contributed by atoms with Crippen LogP contribution in [0, 0.1) is 5.41 Å². The topological polar surface area (TPSA) is 59.8 Å². The molecule has 2 heterocycles. The van der Waals surface area contributed by atoms with Crippen LogP contribution in [0.15, 0.2) is 36.5 Å². The third kappa shape index (κ3) is 2.06. The van der Waals surface area contributed by atoms with Crippen LogP contribution in [0.2, 0.25) is 0 Å². The molecular formula is C14H16N4O. The van der Waals surface area contributed by atoms with Gasteiger partial charge in [-0.15, -0.1) is 5.10 Å². The van der Waals surface area contributed by atoms with Crippen molar-refractivity contribution in [2.45, 2.75) is 13.3 Å². The summed E-state index contributed by atoms with van der Waals surface area (Å²) in [6, 6.07) is 9.61. The van der Waals surface area contributed by atoms with Gasteiger partial charge in [0.25, 0.3) is 0 Å². The lowest BCUT2D eigenvalue weighted by Crippen LogP contribution is -2.31. The van der Waals surface area contributed by atoms with Gasteiger partial charge in [-0.25, -0.2) is 4.68 Å². The van der Waals surface area contributed by atoms with Crippen molar-refractivity contribution >= 4 is 5.78 Å². The van der Waals surface area contributed by atoms with E-state index in [2.05, 4.69) is 15.6 Å². The highest BCUT2D eigenvalue weighted by molar-refractivity contribution is 5.99. The van der Waals surface area contributed by atoms with Gasteiger partial charge >= 0.3 is 0 Å². The number of carbonyl (C=O) groups excluding carboxylic acids is 1. The predicted octanol–water partition coefficient (Wildman–Crippen LogP) is 1.45. The van der Waals surface area contributed by atoms with Crippen LogP contribution in [0.25, 0.3) is 5.69 Å². The predicted molar refractivity (Wildman–Crippen MR) is 71.3 cm³/mol. The van der Waals surface area contributed by atoms with E-state index in [4.69, 9.17) is 0 Å². The number of para-hydroxylation sites is 1. The molecule has 3 rings (SSSR count). The van der Waals surface area contributed by atoms with Crippen LogP contribution < -0.4 is 5.32 Å². The summed E-state index contributed by atoms with van der Waals surface area (Å²) in [4.78, 5) is 12.7. The molecule has 19 heavy (non-hydrogen) atoms. The molecule has 5 heteroatoms. The number of nitrogens with zero attached hydrogens (tertiary/aromatic N) is 3. The van der Waals surface area contributed by atoms with Crippen molar-refractivity contribution in [3.63, 3.8) is 0 Å². The van der Waals surface area contributed by atoms with Gasteiger partial charge in [0.15, 0.2) is 5.78 Å². The van der Waals surface area contributed by atoms with Gasteiger partial charge in [0.1, 0.15) is 5.69 Å². The summed E-state index contributed by atoms with van der Waals surface area (Å²) in [5.74, 6) is 0.103.